The first-order valence-electron chi connectivity index (χ1n) is 10.2. The number of carbonyl (C=O) groups is 1. The zero-order valence-electron chi connectivity index (χ0n) is 16.3. The van der Waals surface area contributed by atoms with Gasteiger partial charge < -0.3 is 4.90 Å². The Balaban J connectivity index is 1.55. The van der Waals surface area contributed by atoms with E-state index in [2.05, 4.69) is 21.7 Å². The van der Waals surface area contributed by atoms with E-state index >= 15 is 0 Å². The first-order chi connectivity index (χ1) is 13.6. The fraction of sp³-hybridized carbons (Fsp3) is 0.571. The summed E-state index contributed by atoms with van der Waals surface area (Å²) in [6.45, 7) is 3.97. The molecule has 1 amide bonds. The standard InChI is InChI=1S/C21H27ClN4OS/c1-15-7-6-12-25(13-15)19(27)14-28-21-24-23-20(17-10-4-5-11-18(17)22)26(21)16-8-2-3-9-16/h4-5,10-11,15-16H,2-3,6-9,12-14H2,1H3. The van der Waals surface area contributed by atoms with Gasteiger partial charge in [-0.2, -0.15) is 0 Å². The van der Waals surface area contributed by atoms with E-state index in [1.165, 1.54) is 31.0 Å². The Morgan fingerprint density at radius 3 is 2.71 bits per heavy atom. The third-order valence-corrected chi connectivity index (χ3v) is 7.06. The molecule has 1 aliphatic carbocycles. The van der Waals surface area contributed by atoms with Crippen molar-refractivity contribution in [3.63, 3.8) is 0 Å². The Morgan fingerprint density at radius 2 is 1.96 bits per heavy atom. The highest BCUT2D eigenvalue weighted by Crippen LogP contribution is 2.38. The molecule has 28 heavy (non-hydrogen) atoms. The maximum atomic E-state index is 12.7. The minimum Gasteiger partial charge on any atom is -0.342 e. The molecule has 1 unspecified atom stereocenters. The normalized spacial score (nSPS) is 20.6. The molecule has 1 aliphatic heterocycles. The average molecular weight is 419 g/mol. The van der Waals surface area contributed by atoms with E-state index < -0.39 is 0 Å². The van der Waals surface area contributed by atoms with Crippen molar-refractivity contribution in [2.24, 2.45) is 5.92 Å². The van der Waals surface area contributed by atoms with Gasteiger partial charge in [0.05, 0.1) is 10.8 Å². The van der Waals surface area contributed by atoms with Gasteiger partial charge in [-0.05, 0) is 43.7 Å². The van der Waals surface area contributed by atoms with Gasteiger partial charge in [0, 0.05) is 24.7 Å². The summed E-state index contributed by atoms with van der Waals surface area (Å²) in [4.78, 5) is 14.7. The van der Waals surface area contributed by atoms with Gasteiger partial charge in [-0.25, -0.2) is 0 Å². The lowest BCUT2D eigenvalue weighted by Gasteiger charge is -2.30. The molecule has 1 saturated carbocycles. The molecule has 5 nitrogen and oxygen atoms in total. The molecular weight excluding hydrogens is 392 g/mol. The molecule has 150 valence electrons. The van der Waals surface area contributed by atoms with Crippen molar-refractivity contribution in [3.8, 4) is 11.4 Å². The van der Waals surface area contributed by atoms with Crippen LogP contribution in [0.3, 0.4) is 0 Å². The van der Waals surface area contributed by atoms with Gasteiger partial charge in [0.1, 0.15) is 0 Å². The van der Waals surface area contributed by atoms with Crippen LogP contribution < -0.4 is 0 Å². The van der Waals surface area contributed by atoms with E-state index in [1.54, 1.807) is 0 Å². The van der Waals surface area contributed by atoms with Crippen LogP contribution in [0.1, 0.15) is 51.5 Å². The summed E-state index contributed by atoms with van der Waals surface area (Å²) >= 11 is 7.95. The number of thioether (sulfide) groups is 1. The van der Waals surface area contributed by atoms with E-state index in [4.69, 9.17) is 11.6 Å². The average Bonchev–Trinajstić information content (AvgIpc) is 3.36. The molecule has 2 heterocycles. The van der Waals surface area contributed by atoms with Crippen LogP contribution in [0.25, 0.3) is 11.4 Å². The maximum absolute atomic E-state index is 12.7. The molecule has 4 rings (SSSR count). The van der Waals surface area contributed by atoms with Crippen LogP contribution in [0.15, 0.2) is 29.4 Å². The third kappa shape index (κ3) is 4.23. The number of hydrogen-bond acceptors (Lipinski definition) is 4. The van der Waals surface area contributed by atoms with Crippen molar-refractivity contribution in [3.05, 3.63) is 29.3 Å². The highest BCUT2D eigenvalue weighted by molar-refractivity contribution is 7.99. The second-order valence-corrected chi connectivity index (χ2v) is 9.32. The summed E-state index contributed by atoms with van der Waals surface area (Å²) in [5, 5.41) is 10.5. The fourth-order valence-corrected chi connectivity index (χ4v) is 5.46. The Hall–Kier alpha value is -1.53. The largest absolute Gasteiger partial charge is 0.342 e. The minimum atomic E-state index is 0.205. The minimum absolute atomic E-state index is 0.205. The number of rotatable bonds is 5. The van der Waals surface area contributed by atoms with E-state index in [9.17, 15) is 4.79 Å². The highest BCUT2D eigenvalue weighted by Gasteiger charge is 2.27. The number of halogens is 1. The van der Waals surface area contributed by atoms with Crippen LogP contribution in [-0.2, 0) is 4.79 Å². The summed E-state index contributed by atoms with van der Waals surface area (Å²) < 4.78 is 2.23. The molecule has 0 bridgehead atoms. The molecule has 7 heteroatoms. The highest BCUT2D eigenvalue weighted by atomic mass is 35.5. The van der Waals surface area contributed by atoms with Crippen LogP contribution in [0, 0.1) is 5.92 Å². The van der Waals surface area contributed by atoms with Gasteiger partial charge in [0.25, 0.3) is 0 Å². The van der Waals surface area contributed by atoms with Crippen LogP contribution in [0.2, 0.25) is 5.02 Å². The van der Waals surface area contributed by atoms with Crippen molar-refractivity contribution in [2.45, 2.75) is 56.6 Å². The Bertz CT molecular complexity index is 834. The van der Waals surface area contributed by atoms with Gasteiger partial charge in [0.2, 0.25) is 5.91 Å². The summed E-state index contributed by atoms with van der Waals surface area (Å²) in [6, 6.07) is 8.16. The zero-order chi connectivity index (χ0) is 19.5. The number of amides is 1. The van der Waals surface area contributed by atoms with Gasteiger partial charge >= 0.3 is 0 Å². The van der Waals surface area contributed by atoms with Gasteiger partial charge in [-0.15, -0.1) is 10.2 Å². The van der Waals surface area contributed by atoms with Crippen molar-refractivity contribution in [1.29, 1.82) is 0 Å². The quantitative estimate of drug-likeness (QED) is 0.636. The number of carbonyl (C=O) groups excluding carboxylic acids is 1. The van der Waals surface area contributed by atoms with E-state index in [-0.39, 0.29) is 5.91 Å². The molecule has 1 saturated heterocycles. The number of benzene rings is 1. The maximum Gasteiger partial charge on any atom is 0.233 e. The number of aromatic nitrogens is 3. The van der Waals surface area contributed by atoms with Crippen molar-refractivity contribution in [1.82, 2.24) is 19.7 Å². The van der Waals surface area contributed by atoms with Gasteiger partial charge in [-0.3, -0.25) is 9.36 Å². The van der Waals surface area contributed by atoms with E-state index in [1.807, 2.05) is 29.2 Å². The number of likely N-dealkylation sites (tertiary alicyclic amines) is 1. The number of hydrogen-bond donors (Lipinski definition) is 0. The summed E-state index contributed by atoms with van der Waals surface area (Å²) in [7, 11) is 0. The van der Waals surface area contributed by atoms with Crippen LogP contribution in [-0.4, -0.2) is 44.4 Å². The SMILES string of the molecule is CC1CCCN(C(=O)CSc2nnc(-c3ccccc3Cl)n2C2CCCC2)C1. The van der Waals surface area contributed by atoms with Crippen molar-refractivity contribution in [2.75, 3.05) is 18.8 Å². The molecule has 1 atom stereocenters. The summed E-state index contributed by atoms with van der Waals surface area (Å²) in [5.41, 5.74) is 0.909. The molecular formula is C21H27ClN4OS. The first-order valence-corrected chi connectivity index (χ1v) is 11.6. The van der Waals surface area contributed by atoms with Crippen LogP contribution in [0.5, 0.6) is 0 Å². The van der Waals surface area contributed by atoms with E-state index in [0.29, 0.717) is 22.7 Å². The van der Waals surface area contributed by atoms with Gasteiger partial charge in [0.15, 0.2) is 11.0 Å². The second-order valence-electron chi connectivity index (χ2n) is 7.97. The van der Waals surface area contributed by atoms with E-state index in [0.717, 1.165) is 48.9 Å². The topological polar surface area (TPSA) is 51.0 Å². The molecule has 1 aromatic carbocycles. The van der Waals surface area contributed by atoms with Crippen LogP contribution in [0.4, 0.5) is 0 Å². The monoisotopic (exact) mass is 418 g/mol. The lowest BCUT2D eigenvalue weighted by molar-refractivity contribution is -0.130. The lowest BCUT2D eigenvalue weighted by Crippen LogP contribution is -2.40. The predicted molar refractivity (Wildman–Crippen MR) is 114 cm³/mol. The molecule has 0 spiro atoms. The first kappa shape index (κ1) is 19.8. The van der Waals surface area contributed by atoms with Crippen LogP contribution >= 0.6 is 23.4 Å². The number of nitrogens with zero attached hydrogens (tertiary/aromatic N) is 4. The molecule has 0 N–H and O–H groups in total. The molecule has 2 aliphatic rings. The molecule has 2 fully saturated rings. The zero-order valence-corrected chi connectivity index (χ0v) is 17.9. The third-order valence-electron chi connectivity index (χ3n) is 5.80. The fourth-order valence-electron chi connectivity index (χ4n) is 4.33. The second kappa shape index (κ2) is 8.87. The lowest BCUT2D eigenvalue weighted by atomic mass is 10.0. The molecule has 0 radical (unpaired) electrons. The number of piperidine rings is 1. The Kier molecular flexibility index (Phi) is 6.26. The smallest absolute Gasteiger partial charge is 0.233 e. The van der Waals surface area contributed by atoms with Crippen molar-refractivity contribution < 1.29 is 4.79 Å². The summed E-state index contributed by atoms with van der Waals surface area (Å²) in [6.07, 6.45) is 7.01. The predicted octanol–water partition coefficient (Wildman–Crippen LogP) is 5.06. The molecule has 1 aromatic heterocycles. The molecule has 2 aromatic rings. The Labute approximate surface area is 175 Å². The summed E-state index contributed by atoms with van der Waals surface area (Å²) in [5.74, 6) is 2.03. The van der Waals surface area contributed by atoms with Gasteiger partial charge in [-0.1, -0.05) is 55.3 Å². The van der Waals surface area contributed by atoms with Crippen molar-refractivity contribution >= 4 is 29.3 Å². The Morgan fingerprint density at radius 1 is 1.18 bits per heavy atom.